The second-order valence-corrected chi connectivity index (χ2v) is 8.63. The lowest BCUT2D eigenvalue weighted by Gasteiger charge is -2.24. The molecule has 36 heavy (non-hydrogen) atoms. The van der Waals surface area contributed by atoms with Crippen LogP contribution in [0, 0.1) is 11.8 Å². The summed E-state index contributed by atoms with van der Waals surface area (Å²) < 4.78 is 11.1. The van der Waals surface area contributed by atoms with Crippen LogP contribution >= 0.6 is 0 Å². The maximum atomic E-state index is 12.3. The van der Waals surface area contributed by atoms with E-state index in [0.717, 1.165) is 29.1 Å². The number of para-hydroxylation sites is 1. The maximum absolute atomic E-state index is 12.3. The molecule has 3 heterocycles. The number of hydrogen-bond acceptors (Lipinski definition) is 6. The van der Waals surface area contributed by atoms with E-state index in [9.17, 15) is 4.79 Å². The number of H-pyrrole nitrogens is 1. The minimum Gasteiger partial charge on any atom is -0.481 e. The first-order valence-corrected chi connectivity index (χ1v) is 12.6. The Morgan fingerprint density at radius 3 is 2.58 bits per heavy atom. The summed E-state index contributed by atoms with van der Waals surface area (Å²) in [6, 6.07) is 11.6. The zero-order chi connectivity index (χ0) is 26.6. The van der Waals surface area contributed by atoms with Crippen molar-refractivity contribution in [1.29, 1.82) is 0 Å². The van der Waals surface area contributed by atoms with Crippen LogP contribution in [0.4, 0.5) is 10.6 Å². The number of carbonyl (C=O) groups is 1. The van der Waals surface area contributed by atoms with Gasteiger partial charge in [-0.25, -0.2) is 14.8 Å². The van der Waals surface area contributed by atoms with Gasteiger partial charge in [0, 0.05) is 19.1 Å². The Balaban J connectivity index is 0.00000109. The van der Waals surface area contributed by atoms with Gasteiger partial charge >= 0.3 is 6.09 Å². The number of likely N-dealkylation sites (tertiary alicyclic amines) is 1. The molecule has 1 amide bonds. The molecule has 8 nitrogen and oxygen atoms in total. The monoisotopic (exact) mass is 493 g/mol. The number of amides is 1. The highest BCUT2D eigenvalue weighted by Crippen LogP contribution is 2.23. The molecule has 4 rings (SSSR count). The van der Waals surface area contributed by atoms with Crippen molar-refractivity contribution in [2.24, 2.45) is 0 Å². The molecule has 0 bridgehead atoms. The Labute approximate surface area is 214 Å². The molecule has 1 aromatic carbocycles. The highest BCUT2D eigenvalue weighted by Gasteiger charge is 2.30. The van der Waals surface area contributed by atoms with Crippen LogP contribution in [0.1, 0.15) is 60.6 Å². The quantitative estimate of drug-likeness (QED) is 0.442. The molecule has 0 aliphatic carbocycles. The van der Waals surface area contributed by atoms with E-state index in [0.29, 0.717) is 25.3 Å². The minimum absolute atomic E-state index is 0.0873. The fourth-order valence-corrected chi connectivity index (χ4v) is 3.45. The van der Waals surface area contributed by atoms with Crippen LogP contribution in [0.5, 0.6) is 5.75 Å². The van der Waals surface area contributed by atoms with Crippen LogP contribution in [-0.4, -0.2) is 57.3 Å². The Morgan fingerprint density at radius 2 is 1.89 bits per heavy atom. The van der Waals surface area contributed by atoms with Crippen LogP contribution in [0.3, 0.4) is 0 Å². The largest absolute Gasteiger partial charge is 0.481 e. The van der Waals surface area contributed by atoms with Gasteiger partial charge in [-0.1, -0.05) is 51.8 Å². The molecule has 2 aromatic heterocycles. The number of anilines is 1. The fraction of sp³-hybridized carbons (Fsp3) is 0.464. The second-order valence-electron chi connectivity index (χ2n) is 8.63. The van der Waals surface area contributed by atoms with Gasteiger partial charge in [0.2, 0.25) is 0 Å². The molecule has 1 aliphatic rings. The van der Waals surface area contributed by atoms with Crippen molar-refractivity contribution in [2.75, 3.05) is 25.0 Å². The van der Waals surface area contributed by atoms with Crippen molar-refractivity contribution in [3.8, 4) is 17.6 Å². The standard InChI is InChI=1S/C24H27N5O3.2C2H6/c1-24(2,3)32-23(30)29-12-11-18(15-29)28-22-20-14-17(27-21(20)25-16-26-22)8-7-13-31-19-9-5-4-6-10-19;2*1-2/h4-6,9-10,14,16,18H,11-13,15H2,1-3H3,(H2,25,26,27,28);2*1-2H3. The second kappa shape index (κ2) is 14.0. The first-order chi connectivity index (χ1) is 17.4. The minimum atomic E-state index is -0.504. The number of benzene rings is 1. The van der Waals surface area contributed by atoms with Crippen molar-refractivity contribution >= 4 is 22.9 Å². The van der Waals surface area contributed by atoms with Crippen LogP contribution < -0.4 is 10.1 Å². The summed E-state index contributed by atoms with van der Waals surface area (Å²) in [6.07, 6.45) is 2.04. The van der Waals surface area contributed by atoms with E-state index in [1.165, 1.54) is 6.33 Å². The van der Waals surface area contributed by atoms with Crippen molar-refractivity contribution in [3.63, 3.8) is 0 Å². The molecular weight excluding hydrogens is 454 g/mol. The number of hydrogen-bond donors (Lipinski definition) is 2. The first kappa shape index (κ1) is 28.5. The van der Waals surface area contributed by atoms with Gasteiger partial charge in [0.05, 0.1) is 11.1 Å². The molecule has 8 heteroatoms. The van der Waals surface area contributed by atoms with E-state index in [1.807, 2.05) is 84.9 Å². The molecule has 2 N–H and O–H groups in total. The van der Waals surface area contributed by atoms with E-state index < -0.39 is 5.60 Å². The number of aromatic amines is 1. The number of carbonyl (C=O) groups excluding carboxylic acids is 1. The number of nitrogens with one attached hydrogen (secondary N) is 2. The maximum Gasteiger partial charge on any atom is 0.410 e. The molecule has 1 unspecified atom stereocenters. The van der Waals surface area contributed by atoms with Crippen LogP contribution in [0.25, 0.3) is 11.0 Å². The van der Waals surface area contributed by atoms with Crippen LogP contribution in [0.15, 0.2) is 42.7 Å². The molecule has 194 valence electrons. The van der Waals surface area contributed by atoms with E-state index in [1.54, 1.807) is 4.90 Å². The molecular formula is C28H39N5O3. The molecule has 0 radical (unpaired) electrons. The third kappa shape index (κ3) is 8.49. The van der Waals surface area contributed by atoms with Crippen LogP contribution in [0.2, 0.25) is 0 Å². The smallest absolute Gasteiger partial charge is 0.410 e. The summed E-state index contributed by atoms with van der Waals surface area (Å²) >= 11 is 0. The highest BCUT2D eigenvalue weighted by atomic mass is 16.6. The highest BCUT2D eigenvalue weighted by molar-refractivity contribution is 5.88. The molecule has 1 aliphatic heterocycles. The zero-order valence-electron chi connectivity index (χ0n) is 22.5. The summed E-state index contributed by atoms with van der Waals surface area (Å²) in [5, 5.41) is 4.30. The summed E-state index contributed by atoms with van der Waals surface area (Å²) in [5.41, 5.74) is 0.940. The van der Waals surface area contributed by atoms with Gasteiger partial charge in [-0.2, -0.15) is 0 Å². The van der Waals surface area contributed by atoms with Gasteiger partial charge in [-0.05, 0) is 51.3 Å². The molecule has 1 fully saturated rings. The average molecular weight is 494 g/mol. The molecule has 0 saturated carbocycles. The lowest BCUT2D eigenvalue weighted by Crippen LogP contribution is -2.36. The van der Waals surface area contributed by atoms with Gasteiger partial charge in [-0.15, -0.1) is 0 Å². The lowest BCUT2D eigenvalue weighted by atomic mass is 10.2. The molecule has 1 atom stereocenters. The van der Waals surface area contributed by atoms with Crippen molar-refractivity contribution in [2.45, 2.75) is 66.5 Å². The fourth-order valence-electron chi connectivity index (χ4n) is 3.45. The van der Waals surface area contributed by atoms with Gasteiger partial charge in [0.25, 0.3) is 0 Å². The summed E-state index contributed by atoms with van der Waals surface area (Å²) in [7, 11) is 0. The average Bonchev–Trinajstić information content (AvgIpc) is 3.52. The van der Waals surface area contributed by atoms with E-state index in [2.05, 4.69) is 32.1 Å². The Morgan fingerprint density at radius 1 is 1.17 bits per heavy atom. The molecule has 0 spiro atoms. The Kier molecular flexibility index (Phi) is 11.1. The predicted molar refractivity (Wildman–Crippen MR) is 145 cm³/mol. The first-order valence-electron chi connectivity index (χ1n) is 12.6. The normalized spacial score (nSPS) is 14.4. The molecule has 3 aromatic rings. The topological polar surface area (TPSA) is 92.4 Å². The van der Waals surface area contributed by atoms with Crippen molar-refractivity contribution in [3.05, 3.63) is 48.4 Å². The zero-order valence-corrected chi connectivity index (χ0v) is 22.5. The Hall–Kier alpha value is -3.73. The summed E-state index contributed by atoms with van der Waals surface area (Å²) in [4.78, 5) is 25.9. The number of fused-ring (bicyclic) bond motifs is 1. The van der Waals surface area contributed by atoms with E-state index in [-0.39, 0.29) is 12.1 Å². The number of nitrogens with zero attached hydrogens (tertiary/aromatic N) is 3. The lowest BCUT2D eigenvalue weighted by molar-refractivity contribution is 0.0293. The van der Waals surface area contributed by atoms with E-state index >= 15 is 0 Å². The summed E-state index contributed by atoms with van der Waals surface area (Å²) in [6.45, 7) is 15.1. The number of ether oxygens (including phenoxy) is 2. The van der Waals surface area contributed by atoms with Gasteiger partial charge < -0.3 is 24.7 Å². The summed E-state index contributed by atoms with van der Waals surface area (Å²) in [5.74, 6) is 7.59. The number of aromatic nitrogens is 3. The van der Waals surface area contributed by atoms with Crippen molar-refractivity contribution in [1.82, 2.24) is 19.9 Å². The Bertz CT molecular complexity index is 1140. The predicted octanol–water partition coefficient (Wildman–Crippen LogP) is 5.86. The van der Waals surface area contributed by atoms with Gasteiger partial charge in [0.1, 0.15) is 35.7 Å². The molecule has 1 saturated heterocycles. The van der Waals surface area contributed by atoms with Gasteiger partial charge in [0.15, 0.2) is 0 Å². The SMILES string of the molecule is CC.CC.CC(C)(C)OC(=O)N1CCC(Nc2ncnc3[nH]c(C#CCOc4ccccc4)cc23)C1. The van der Waals surface area contributed by atoms with Crippen LogP contribution in [-0.2, 0) is 4.74 Å². The van der Waals surface area contributed by atoms with Gasteiger partial charge in [-0.3, -0.25) is 0 Å². The third-order valence-electron chi connectivity index (χ3n) is 4.88. The van der Waals surface area contributed by atoms with Crippen molar-refractivity contribution < 1.29 is 14.3 Å². The third-order valence-corrected chi connectivity index (χ3v) is 4.88. The number of rotatable bonds is 4. The van der Waals surface area contributed by atoms with E-state index in [4.69, 9.17) is 9.47 Å².